The number of rotatable bonds is 4. The van der Waals surface area contributed by atoms with Crippen molar-refractivity contribution in [2.75, 3.05) is 45.8 Å². The highest BCUT2D eigenvalue weighted by molar-refractivity contribution is 5.78. The van der Waals surface area contributed by atoms with Crippen molar-refractivity contribution in [1.29, 1.82) is 0 Å². The third kappa shape index (κ3) is 3.85. The molecule has 2 aromatic rings. The first-order chi connectivity index (χ1) is 12.3. The molecule has 0 N–H and O–H groups in total. The van der Waals surface area contributed by atoms with Crippen LogP contribution in [0.2, 0.25) is 0 Å². The maximum atomic E-state index is 12.4. The first kappa shape index (κ1) is 16.5. The lowest BCUT2D eigenvalue weighted by Gasteiger charge is -2.36. The molecule has 1 aromatic carbocycles. The number of benzene rings is 1. The number of carbonyl (C=O) groups excluding carboxylic acids is 1. The smallest absolute Gasteiger partial charge is 0.236 e. The van der Waals surface area contributed by atoms with Crippen molar-refractivity contribution in [3.63, 3.8) is 0 Å². The summed E-state index contributed by atoms with van der Waals surface area (Å²) >= 11 is 0. The Balaban J connectivity index is 1.27. The number of imidazole rings is 1. The molecule has 134 valence electrons. The molecule has 2 saturated heterocycles. The minimum absolute atomic E-state index is 0.314. The van der Waals surface area contributed by atoms with Gasteiger partial charge in [-0.2, -0.15) is 0 Å². The van der Waals surface area contributed by atoms with Crippen molar-refractivity contribution in [3.8, 4) is 0 Å². The van der Waals surface area contributed by atoms with Gasteiger partial charge >= 0.3 is 0 Å². The van der Waals surface area contributed by atoms with Gasteiger partial charge in [-0.1, -0.05) is 12.1 Å². The molecular formula is C19H27N5O. The zero-order chi connectivity index (χ0) is 17.1. The fraction of sp³-hybridized carbons (Fsp3) is 0.579. The van der Waals surface area contributed by atoms with E-state index >= 15 is 0 Å². The minimum atomic E-state index is 0.314. The third-order valence-corrected chi connectivity index (χ3v) is 5.41. The lowest BCUT2D eigenvalue weighted by molar-refractivity contribution is -0.133. The van der Waals surface area contributed by atoms with E-state index in [1.54, 1.807) is 0 Å². The summed E-state index contributed by atoms with van der Waals surface area (Å²) in [5, 5.41) is 0. The average molecular weight is 341 g/mol. The van der Waals surface area contributed by atoms with Crippen LogP contribution in [-0.4, -0.2) is 76.0 Å². The van der Waals surface area contributed by atoms with Gasteiger partial charge in [-0.05, 0) is 31.4 Å². The molecule has 1 amide bonds. The van der Waals surface area contributed by atoms with Crippen LogP contribution in [0.4, 0.5) is 0 Å². The van der Waals surface area contributed by atoms with Crippen molar-refractivity contribution >= 4 is 16.9 Å². The van der Waals surface area contributed by atoms with Crippen molar-refractivity contribution < 1.29 is 4.79 Å². The number of nitrogens with zero attached hydrogens (tertiary/aromatic N) is 5. The summed E-state index contributed by atoms with van der Waals surface area (Å²) in [7, 11) is 0. The summed E-state index contributed by atoms with van der Waals surface area (Å²) in [6.45, 7) is 7.28. The van der Waals surface area contributed by atoms with Gasteiger partial charge in [-0.3, -0.25) is 14.6 Å². The number of piperidine rings is 1. The van der Waals surface area contributed by atoms with E-state index in [2.05, 4.69) is 37.5 Å². The summed E-state index contributed by atoms with van der Waals surface area (Å²) in [6, 6.07) is 8.26. The molecule has 0 aliphatic carbocycles. The molecule has 0 unspecified atom stereocenters. The Bertz CT molecular complexity index is 713. The quantitative estimate of drug-likeness (QED) is 0.848. The number of para-hydroxylation sites is 2. The zero-order valence-electron chi connectivity index (χ0n) is 14.8. The summed E-state index contributed by atoms with van der Waals surface area (Å²) < 4.78 is 2.21. The molecule has 0 saturated carbocycles. The number of hydrogen-bond donors (Lipinski definition) is 0. The van der Waals surface area contributed by atoms with Gasteiger partial charge in [0.15, 0.2) is 0 Å². The fourth-order valence-corrected chi connectivity index (χ4v) is 3.86. The molecule has 0 bridgehead atoms. The standard InChI is InChI=1S/C19H27N5O/c25-19(23-8-4-1-5-9-23)14-21-10-12-22(13-11-21)16-24-15-20-17-6-2-3-7-18(17)24/h2-3,6-7,15H,1,4-5,8-14,16H2. The average Bonchev–Trinajstić information content (AvgIpc) is 3.07. The van der Waals surface area contributed by atoms with Gasteiger partial charge in [-0.15, -0.1) is 0 Å². The lowest BCUT2D eigenvalue weighted by Crippen LogP contribution is -2.50. The Hall–Kier alpha value is -1.92. The van der Waals surface area contributed by atoms with Gasteiger partial charge in [0.2, 0.25) is 5.91 Å². The number of hydrogen-bond acceptors (Lipinski definition) is 4. The van der Waals surface area contributed by atoms with Crippen molar-refractivity contribution in [3.05, 3.63) is 30.6 Å². The molecule has 0 atom stereocenters. The number of amides is 1. The van der Waals surface area contributed by atoms with Crippen molar-refractivity contribution in [2.24, 2.45) is 0 Å². The summed E-state index contributed by atoms with van der Waals surface area (Å²) in [6.07, 6.45) is 5.53. The van der Waals surface area contributed by atoms with Crippen molar-refractivity contribution in [1.82, 2.24) is 24.3 Å². The fourth-order valence-electron chi connectivity index (χ4n) is 3.86. The number of likely N-dealkylation sites (tertiary alicyclic amines) is 1. The molecule has 3 heterocycles. The monoisotopic (exact) mass is 341 g/mol. The van der Waals surface area contributed by atoms with E-state index < -0.39 is 0 Å². The number of piperazine rings is 1. The zero-order valence-corrected chi connectivity index (χ0v) is 14.8. The maximum Gasteiger partial charge on any atom is 0.236 e. The Morgan fingerprint density at radius 3 is 2.44 bits per heavy atom. The van der Waals surface area contributed by atoms with Crippen LogP contribution in [0.1, 0.15) is 19.3 Å². The Kier molecular flexibility index (Phi) is 4.99. The summed E-state index contributed by atoms with van der Waals surface area (Å²) in [4.78, 5) is 23.7. The van der Waals surface area contributed by atoms with Crippen LogP contribution in [-0.2, 0) is 11.5 Å². The van der Waals surface area contributed by atoms with Crippen LogP contribution >= 0.6 is 0 Å². The second kappa shape index (κ2) is 7.54. The van der Waals surface area contributed by atoms with E-state index in [4.69, 9.17) is 0 Å². The molecule has 6 heteroatoms. The molecule has 2 aliphatic heterocycles. The molecule has 0 radical (unpaired) electrons. The highest BCUT2D eigenvalue weighted by Crippen LogP contribution is 2.14. The number of fused-ring (bicyclic) bond motifs is 1. The van der Waals surface area contributed by atoms with E-state index in [-0.39, 0.29) is 0 Å². The molecule has 2 aliphatic rings. The predicted octanol–water partition coefficient (Wildman–Crippen LogP) is 1.62. The topological polar surface area (TPSA) is 44.6 Å². The largest absolute Gasteiger partial charge is 0.342 e. The van der Waals surface area contributed by atoms with Gasteiger partial charge in [0, 0.05) is 39.3 Å². The molecule has 0 spiro atoms. The van der Waals surface area contributed by atoms with Crippen molar-refractivity contribution in [2.45, 2.75) is 25.9 Å². The molecular weight excluding hydrogens is 314 g/mol. The van der Waals surface area contributed by atoms with E-state index in [9.17, 15) is 4.79 Å². The van der Waals surface area contributed by atoms with E-state index in [1.165, 1.54) is 24.8 Å². The van der Waals surface area contributed by atoms with Gasteiger partial charge in [0.05, 0.1) is 30.6 Å². The molecule has 1 aromatic heterocycles. The number of aromatic nitrogens is 2. The Labute approximate surface area is 149 Å². The second-order valence-corrected chi connectivity index (χ2v) is 7.18. The predicted molar refractivity (Wildman–Crippen MR) is 98.2 cm³/mol. The van der Waals surface area contributed by atoms with E-state index in [1.807, 2.05) is 17.3 Å². The third-order valence-electron chi connectivity index (χ3n) is 5.41. The van der Waals surface area contributed by atoms with Crippen LogP contribution in [0.5, 0.6) is 0 Å². The molecule has 2 fully saturated rings. The Morgan fingerprint density at radius 2 is 1.64 bits per heavy atom. The molecule has 6 nitrogen and oxygen atoms in total. The second-order valence-electron chi connectivity index (χ2n) is 7.18. The first-order valence-electron chi connectivity index (χ1n) is 9.42. The van der Waals surface area contributed by atoms with Gasteiger partial charge in [-0.25, -0.2) is 4.98 Å². The van der Waals surface area contributed by atoms with Crippen LogP contribution < -0.4 is 0 Å². The molecule has 4 rings (SSSR count). The summed E-state index contributed by atoms with van der Waals surface area (Å²) in [5.41, 5.74) is 2.23. The number of carbonyl (C=O) groups is 1. The van der Waals surface area contributed by atoms with Gasteiger partial charge < -0.3 is 9.47 Å². The normalized spacial score (nSPS) is 20.2. The van der Waals surface area contributed by atoms with Crippen LogP contribution in [0.3, 0.4) is 0 Å². The maximum absolute atomic E-state index is 12.4. The van der Waals surface area contributed by atoms with Crippen LogP contribution in [0, 0.1) is 0 Å². The van der Waals surface area contributed by atoms with E-state index in [0.717, 1.165) is 51.5 Å². The Morgan fingerprint density at radius 1 is 0.920 bits per heavy atom. The minimum Gasteiger partial charge on any atom is -0.342 e. The van der Waals surface area contributed by atoms with Crippen LogP contribution in [0.25, 0.3) is 11.0 Å². The lowest BCUT2D eigenvalue weighted by atomic mass is 10.1. The van der Waals surface area contributed by atoms with Gasteiger partial charge in [0.1, 0.15) is 0 Å². The van der Waals surface area contributed by atoms with Crippen LogP contribution in [0.15, 0.2) is 30.6 Å². The first-order valence-corrected chi connectivity index (χ1v) is 9.42. The SMILES string of the molecule is O=C(CN1CCN(Cn2cnc3ccccc32)CC1)N1CCCCC1. The summed E-state index contributed by atoms with van der Waals surface area (Å²) in [5.74, 6) is 0.314. The highest BCUT2D eigenvalue weighted by atomic mass is 16.2. The van der Waals surface area contributed by atoms with E-state index in [0.29, 0.717) is 12.5 Å². The van der Waals surface area contributed by atoms with Gasteiger partial charge in [0.25, 0.3) is 0 Å². The molecule has 25 heavy (non-hydrogen) atoms. The highest BCUT2D eigenvalue weighted by Gasteiger charge is 2.23.